The summed E-state index contributed by atoms with van der Waals surface area (Å²) < 4.78 is 83.4. The molecule has 0 aromatic rings. The number of ether oxygens (including phenoxy) is 14. The van der Waals surface area contributed by atoms with Gasteiger partial charge in [0.1, 0.15) is 171 Å². The fraction of sp³-hybridized carbons (Fsp3) is 0.915. The molecule has 0 aliphatic carbocycles. The molecule has 0 spiro atoms. The summed E-state index contributed by atoms with van der Waals surface area (Å²) >= 11 is 0. The van der Waals surface area contributed by atoms with Crippen molar-refractivity contribution in [2.75, 3.05) is 46.2 Å². The Morgan fingerprint density at radius 2 is 0.857 bits per heavy atom. The minimum atomic E-state index is -3.31. The Balaban J connectivity index is 1.24. The maximum Gasteiger partial charge on any atom is 0.364 e. The van der Waals surface area contributed by atoms with Crippen molar-refractivity contribution in [1.82, 2.24) is 21.3 Å². The molecular weight excluding hydrogens is 1440 g/mol. The number of hydrogen-bond donors (Lipinski definition) is 27. The summed E-state index contributed by atoms with van der Waals surface area (Å²) in [5.74, 6) is -9.26. The van der Waals surface area contributed by atoms with Crippen LogP contribution < -0.4 is 21.3 Å². The van der Waals surface area contributed by atoms with Gasteiger partial charge in [0, 0.05) is 34.1 Å². The number of amides is 4. The van der Waals surface area contributed by atoms with Crippen LogP contribution in [0.2, 0.25) is 0 Å². The summed E-state index contributed by atoms with van der Waals surface area (Å²) in [5.41, 5.74) is 0. The summed E-state index contributed by atoms with van der Waals surface area (Å²) in [6.07, 6.45) is -74.2. The molecule has 7 fully saturated rings. The molecule has 105 heavy (non-hydrogen) atoms. The van der Waals surface area contributed by atoms with Crippen molar-refractivity contribution >= 4 is 29.6 Å². The van der Waals surface area contributed by atoms with Crippen LogP contribution in [0.5, 0.6) is 0 Å². The van der Waals surface area contributed by atoms with Crippen LogP contribution in [0.1, 0.15) is 48.0 Å². The lowest BCUT2D eigenvalue weighted by molar-refractivity contribution is -0.391. The normalized spacial score (nSPS) is 44.4. The van der Waals surface area contributed by atoms with Gasteiger partial charge in [-0.1, -0.05) is 0 Å². The van der Waals surface area contributed by atoms with Crippen LogP contribution in [-0.2, 0) is 90.3 Å². The number of aliphatic hydroxyl groups excluding tert-OH is 22. The minimum Gasteiger partial charge on any atom is -0.477 e. The number of hydrogen-bond acceptors (Lipinski definition) is 41. The van der Waals surface area contributed by atoms with Crippen molar-refractivity contribution in [1.29, 1.82) is 0 Å². The quantitative estimate of drug-likeness (QED) is 0.0306. The Hall–Kier alpha value is -4.09. The first-order valence-electron chi connectivity index (χ1n) is 33.4. The molecule has 0 aromatic heterocycles. The number of nitrogens with one attached hydrogen (secondary N) is 4. The number of aliphatic carboxylic acids is 1. The second kappa shape index (κ2) is 38.2. The van der Waals surface area contributed by atoms with Crippen molar-refractivity contribution in [2.24, 2.45) is 0 Å². The van der Waals surface area contributed by atoms with Crippen LogP contribution >= 0.6 is 0 Å². The number of carbonyl (C=O) groups is 5. The van der Waals surface area contributed by atoms with E-state index >= 15 is 0 Å². The zero-order chi connectivity index (χ0) is 78.3. The molecule has 0 aromatic carbocycles. The van der Waals surface area contributed by atoms with E-state index in [4.69, 9.17) is 66.3 Å². The summed E-state index contributed by atoms with van der Waals surface area (Å²) in [6.45, 7) is -2.11. The van der Waals surface area contributed by atoms with Crippen molar-refractivity contribution in [3.8, 4) is 0 Å². The molecular formula is C59H100N4O42. The van der Waals surface area contributed by atoms with Gasteiger partial charge in [-0.3, -0.25) is 19.2 Å². The van der Waals surface area contributed by atoms with Crippen molar-refractivity contribution in [2.45, 2.75) is 293 Å². The number of carbonyl (C=O) groups excluding carboxylic acids is 4. The number of aliphatic hydroxyl groups is 22. The van der Waals surface area contributed by atoms with Gasteiger partial charge >= 0.3 is 5.97 Å². The molecule has 4 amide bonds. The number of rotatable bonds is 31. The molecule has 0 radical (unpaired) electrons. The molecule has 0 bridgehead atoms. The van der Waals surface area contributed by atoms with Gasteiger partial charge in [0.2, 0.25) is 23.6 Å². The summed E-state index contributed by atoms with van der Waals surface area (Å²) in [4.78, 5) is 65.0. The molecule has 27 N–H and O–H groups in total. The van der Waals surface area contributed by atoms with Gasteiger partial charge in [0.05, 0.1) is 76.6 Å². The highest BCUT2D eigenvalue weighted by molar-refractivity contribution is 5.77. The Morgan fingerprint density at radius 3 is 1.30 bits per heavy atom. The lowest BCUT2D eigenvalue weighted by Gasteiger charge is -2.52. The third kappa shape index (κ3) is 20.2. The van der Waals surface area contributed by atoms with Gasteiger partial charge in [0.25, 0.3) is 5.79 Å². The zero-order valence-corrected chi connectivity index (χ0v) is 57.2. The van der Waals surface area contributed by atoms with Gasteiger partial charge in [-0.25, -0.2) is 4.79 Å². The van der Waals surface area contributed by atoms with Crippen LogP contribution in [0.25, 0.3) is 0 Å². The summed E-state index contributed by atoms with van der Waals surface area (Å²) in [6, 6.07) is -7.59. The van der Waals surface area contributed by atoms with Gasteiger partial charge in [-0.2, -0.15) is 0 Å². The van der Waals surface area contributed by atoms with E-state index in [0.717, 1.165) is 27.7 Å². The predicted octanol–water partition coefficient (Wildman–Crippen LogP) is -17.0. The summed E-state index contributed by atoms with van der Waals surface area (Å²) in [7, 11) is 0. The van der Waals surface area contributed by atoms with E-state index in [1.54, 1.807) is 0 Å². The highest BCUT2D eigenvalue weighted by Gasteiger charge is 2.62. The van der Waals surface area contributed by atoms with E-state index in [2.05, 4.69) is 21.3 Å². The third-order valence-corrected chi connectivity index (χ3v) is 18.8. The fourth-order valence-corrected chi connectivity index (χ4v) is 13.2. The molecule has 0 unspecified atom stereocenters. The van der Waals surface area contributed by atoms with Crippen LogP contribution in [0.3, 0.4) is 0 Å². The topological polar surface area (TPSA) is 728 Å². The third-order valence-electron chi connectivity index (χ3n) is 18.8. The molecule has 46 heteroatoms. The van der Waals surface area contributed by atoms with E-state index in [9.17, 15) is 141 Å². The smallest absolute Gasteiger partial charge is 0.364 e. The lowest BCUT2D eigenvalue weighted by atomic mass is 9.88. The first kappa shape index (κ1) is 88.1. The molecule has 40 atom stereocenters. The Labute approximate surface area is 596 Å². The maximum absolute atomic E-state index is 13.4. The lowest BCUT2D eigenvalue weighted by Crippen LogP contribution is -2.71. The Morgan fingerprint density at radius 1 is 0.448 bits per heavy atom. The average Bonchev–Trinajstić information content (AvgIpc) is 0.759. The highest BCUT2D eigenvalue weighted by Crippen LogP contribution is 2.41. The molecule has 7 saturated heterocycles. The van der Waals surface area contributed by atoms with Crippen molar-refractivity contribution in [3.63, 3.8) is 0 Å². The predicted molar refractivity (Wildman–Crippen MR) is 327 cm³/mol. The van der Waals surface area contributed by atoms with Crippen LogP contribution in [0.15, 0.2) is 0 Å². The van der Waals surface area contributed by atoms with Crippen molar-refractivity contribution in [3.05, 3.63) is 0 Å². The van der Waals surface area contributed by atoms with Crippen molar-refractivity contribution < 1.29 is 208 Å². The SMILES string of the molecule is CC(=O)N[C@H]1[C@H](O[C@@H]([C@@H](O)[C@H](O)CO[C@@H]2O[C@H](CO)[C@@H](O[C@@H]3O[C@H](CO)[C@H](O)[C@H](O[C@]4(C(=O)O)C[C@H](O)[C@@H](NC(C)=O)[C@H]([C@H](O)[C@H](O)CO)O4)[C@H]3O)[C@H](O[C@@H]3O[C@@H](C)[C@@H](O)[C@@H](O)[C@@H]3O)[C@H]2NC(C)=O)[C@H](CO)NC(C)=O)O[C@H](CO)[C@@H](O[C@@H]2O[C@H](CO)[C@H](O)[C@H](O)[C@H]2O)[C@@H]1O[C@@H]1O[C@@H](C)[C@@H](O)[C@@H](O)[C@@H]1O. The zero-order valence-electron chi connectivity index (χ0n) is 57.2. The van der Waals surface area contributed by atoms with Gasteiger partial charge in [0.15, 0.2) is 37.7 Å². The van der Waals surface area contributed by atoms with E-state index in [1.807, 2.05) is 0 Å². The minimum absolute atomic E-state index is 0.873. The maximum atomic E-state index is 13.4. The second-order valence-electron chi connectivity index (χ2n) is 26.5. The number of carboxylic acids is 1. The molecule has 46 nitrogen and oxygen atoms in total. The van der Waals surface area contributed by atoms with Crippen LogP contribution in [-0.4, -0.2) is 438 Å². The van der Waals surface area contributed by atoms with Gasteiger partial charge in [-0.05, 0) is 13.8 Å². The fourth-order valence-electron chi connectivity index (χ4n) is 13.2. The molecule has 7 aliphatic heterocycles. The van der Waals surface area contributed by atoms with Gasteiger partial charge in [-0.15, -0.1) is 0 Å². The standard InChI is InChI=1S/C59H100N4O42/c1-15-32(77)38(83)41(86)54(93-15)102-49-30(62-19(5)72)52(97-27(12-68)46(49)101-57-44(89)51(37(82)26(11-67)96-57)105-59(58(90)91)7-22(74)29(61-18(4)71)48(104-59)34(79)23(75)9-65)92-14-24(76)35(80)45(21(8-64)60-17(3)70)99-53-31(63-20(6)73)50(103-55-42(87)39(84)33(78)16(2)94-55)47(28(13-69)98-53)100-56-43(88)40(85)36(81)25(10-66)95-56/h15-16,21-57,64-69,74-89H,7-14H2,1-6H3,(H,60,70)(H,61,71)(H,62,72)(H,63,73)(H,90,91)/t15-,16-,21-,22-,23+,24+,25+,26+,27+,28+,29+,30+,31+,32+,33+,34+,35-,36-,37-,38+,39+,40-,41-,42-,43+,44+,45+,46+,47+,48+,49+,50+,51-,52+,53-,54-,55-,56-,57-,59-/m0/s1. The molecule has 7 rings (SSSR count). The molecule has 608 valence electrons. The molecule has 7 heterocycles. The van der Waals surface area contributed by atoms with E-state index in [1.165, 1.54) is 13.8 Å². The van der Waals surface area contributed by atoms with Crippen LogP contribution in [0, 0.1) is 0 Å². The molecule has 7 aliphatic rings. The Bertz CT molecular complexity index is 2780. The molecule has 0 saturated carbocycles. The number of carboxylic acid groups (broad SMARTS) is 1. The first-order valence-corrected chi connectivity index (χ1v) is 33.4. The van der Waals surface area contributed by atoms with Crippen LogP contribution in [0.4, 0.5) is 0 Å². The van der Waals surface area contributed by atoms with E-state index < -0.39 is 327 Å². The average molecular weight is 1540 g/mol. The summed E-state index contributed by atoms with van der Waals surface area (Å²) in [5, 5.41) is 262. The second-order valence-corrected chi connectivity index (χ2v) is 26.5. The van der Waals surface area contributed by atoms with E-state index in [-0.39, 0.29) is 0 Å². The Kier molecular flexibility index (Phi) is 32.1. The first-order chi connectivity index (χ1) is 49.3. The largest absolute Gasteiger partial charge is 0.477 e. The van der Waals surface area contributed by atoms with E-state index in [0.29, 0.717) is 0 Å². The van der Waals surface area contributed by atoms with Gasteiger partial charge < -0.3 is 205 Å². The highest BCUT2D eigenvalue weighted by atomic mass is 16.8. The monoisotopic (exact) mass is 1540 g/mol.